The van der Waals surface area contributed by atoms with E-state index in [1.165, 1.54) is 11.3 Å². The minimum atomic E-state index is -0.258. The van der Waals surface area contributed by atoms with Crippen molar-refractivity contribution in [3.05, 3.63) is 40.7 Å². The summed E-state index contributed by atoms with van der Waals surface area (Å²) in [7, 11) is 0. The molecule has 0 unspecified atom stereocenters. The van der Waals surface area contributed by atoms with E-state index in [1.54, 1.807) is 10.6 Å². The van der Waals surface area contributed by atoms with Crippen molar-refractivity contribution in [2.75, 3.05) is 49.5 Å². The van der Waals surface area contributed by atoms with Gasteiger partial charge in [-0.25, -0.2) is 0 Å². The van der Waals surface area contributed by atoms with Crippen molar-refractivity contribution < 1.29 is 4.79 Å². The molecule has 0 bridgehead atoms. The zero-order valence-electron chi connectivity index (χ0n) is 17.1. The molecule has 2 aliphatic rings. The first-order valence-corrected chi connectivity index (χ1v) is 11.5. The van der Waals surface area contributed by atoms with Crippen LogP contribution in [-0.2, 0) is 4.79 Å². The van der Waals surface area contributed by atoms with Crippen LogP contribution in [0.25, 0.3) is 15.5 Å². The highest BCUT2D eigenvalue weighted by molar-refractivity contribution is 7.19. The summed E-state index contributed by atoms with van der Waals surface area (Å²) in [5.41, 5.74) is 1.38. The Labute approximate surface area is 183 Å². The van der Waals surface area contributed by atoms with Crippen molar-refractivity contribution in [2.45, 2.75) is 12.8 Å². The molecule has 0 spiro atoms. The number of hydrogen-bond acceptors (Lipinski definition) is 8. The smallest absolute Gasteiger partial charge is 0.276 e. The number of rotatable bonds is 4. The van der Waals surface area contributed by atoms with Gasteiger partial charge < -0.3 is 20.9 Å². The number of amides is 1. The van der Waals surface area contributed by atoms with E-state index < -0.39 is 0 Å². The van der Waals surface area contributed by atoms with Crippen molar-refractivity contribution in [1.82, 2.24) is 25.2 Å². The summed E-state index contributed by atoms with van der Waals surface area (Å²) < 4.78 is 1.76. The zero-order chi connectivity index (χ0) is 21.2. The van der Waals surface area contributed by atoms with E-state index in [4.69, 9.17) is 5.10 Å². The number of piperazine rings is 1. The standard InChI is InChI=1S/C21H25N7O2S/c29-17-13-18(27-10-8-23-9-11-27)28-21(25-17)31-20(26-28)15-2-1-3-16(12-15)24-19(30)14-4-6-22-7-5-14/h1-3,12-14,22-23H,4-11H2,(H,24,30). The average Bonchev–Trinajstić information content (AvgIpc) is 3.24. The van der Waals surface area contributed by atoms with Crippen LogP contribution in [0.2, 0.25) is 0 Å². The number of hydrogen-bond donors (Lipinski definition) is 3. The van der Waals surface area contributed by atoms with E-state index in [9.17, 15) is 9.59 Å². The Kier molecular flexibility index (Phi) is 5.66. The summed E-state index contributed by atoms with van der Waals surface area (Å²) in [6, 6.07) is 9.25. The third-order valence-electron chi connectivity index (χ3n) is 5.76. The molecule has 9 nitrogen and oxygen atoms in total. The molecule has 1 amide bonds. The maximum atomic E-state index is 12.6. The molecular weight excluding hydrogens is 414 g/mol. The van der Waals surface area contributed by atoms with E-state index in [-0.39, 0.29) is 17.4 Å². The Bertz CT molecular complexity index is 1150. The molecule has 1 aromatic carbocycles. The van der Waals surface area contributed by atoms with Gasteiger partial charge in [0.1, 0.15) is 10.8 Å². The van der Waals surface area contributed by atoms with Crippen LogP contribution in [0.5, 0.6) is 0 Å². The molecule has 5 rings (SSSR count). The van der Waals surface area contributed by atoms with E-state index in [0.717, 1.165) is 74.2 Å². The molecule has 162 valence electrons. The predicted molar refractivity (Wildman–Crippen MR) is 122 cm³/mol. The van der Waals surface area contributed by atoms with Gasteiger partial charge in [-0.05, 0) is 38.1 Å². The Morgan fingerprint density at radius 2 is 1.87 bits per heavy atom. The second kappa shape index (κ2) is 8.74. The molecule has 3 aromatic rings. The number of piperidine rings is 1. The first-order chi connectivity index (χ1) is 15.2. The van der Waals surface area contributed by atoms with Gasteiger partial charge in [-0.2, -0.15) is 14.6 Å². The molecule has 3 N–H and O–H groups in total. The number of carbonyl (C=O) groups is 1. The number of nitrogens with one attached hydrogen (secondary N) is 3. The van der Waals surface area contributed by atoms with Gasteiger partial charge in [-0.3, -0.25) is 9.59 Å². The van der Waals surface area contributed by atoms with Crippen LogP contribution in [0.15, 0.2) is 35.1 Å². The number of carbonyl (C=O) groups excluding carboxylic acids is 1. The summed E-state index contributed by atoms with van der Waals surface area (Å²) in [6.07, 6.45) is 1.72. The second-order valence-electron chi connectivity index (χ2n) is 7.89. The monoisotopic (exact) mass is 439 g/mol. The summed E-state index contributed by atoms with van der Waals surface area (Å²) >= 11 is 1.38. The van der Waals surface area contributed by atoms with Crippen molar-refractivity contribution >= 4 is 33.7 Å². The minimum absolute atomic E-state index is 0.0455. The van der Waals surface area contributed by atoms with E-state index in [0.29, 0.717) is 4.96 Å². The maximum Gasteiger partial charge on any atom is 0.276 e. The Hall–Kier alpha value is -2.82. The summed E-state index contributed by atoms with van der Waals surface area (Å²) in [6.45, 7) is 5.13. The second-order valence-corrected chi connectivity index (χ2v) is 8.84. The van der Waals surface area contributed by atoms with Crippen molar-refractivity contribution in [1.29, 1.82) is 0 Å². The predicted octanol–water partition coefficient (Wildman–Crippen LogP) is 1.17. The normalized spacial score (nSPS) is 17.7. The lowest BCUT2D eigenvalue weighted by Crippen LogP contribution is -2.44. The molecule has 2 aliphatic heterocycles. The van der Waals surface area contributed by atoms with Gasteiger partial charge in [0.15, 0.2) is 0 Å². The highest BCUT2D eigenvalue weighted by Crippen LogP contribution is 2.29. The highest BCUT2D eigenvalue weighted by atomic mass is 32.1. The number of anilines is 2. The van der Waals surface area contributed by atoms with Gasteiger partial charge in [-0.15, -0.1) is 0 Å². The van der Waals surface area contributed by atoms with Crippen LogP contribution in [-0.4, -0.2) is 59.8 Å². The van der Waals surface area contributed by atoms with Crippen LogP contribution in [0.1, 0.15) is 12.8 Å². The first-order valence-electron chi connectivity index (χ1n) is 10.7. The molecule has 2 saturated heterocycles. The van der Waals surface area contributed by atoms with Crippen molar-refractivity contribution in [2.24, 2.45) is 5.92 Å². The van der Waals surface area contributed by atoms with Gasteiger partial charge in [0.2, 0.25) is 10.9 Å². The van der Waals surface area contributed by atoms with Crippen LogP contribution in [0, 0.1) is 5.92 Å². The number of nitrogens with zero attached hydrogens (tertiary/aromatic N) is 4. The molecule has 2 fully saturated rings. The molecule has 0 radical (unpaired) electrons. The van der Waals surface area contributed by atoms with Crippen molar-refractivity contribution in [3.8, 4) is 10.6 Å². The quantitative estimate of drug-likeness (QED) is 0.561. The van der Waals surface area contributed by atoms with Crippen LogP contribution in [0.4, 0.5) is 11.5 Å². The molecule has 0 aliphatic carbocycles. The van der Waals surface area contributed by atoms with E-state index in [2.05, 4.69) is 25.8 Å². The fraction of sp³-hybridized carbons (Fsp3) is 0.429. The largest absolute Gasteiger partial charge is 0.354 e. The number of benzene rings is 1. The fourth-order valence-electron chi connectivity index (χ4n) is 4.10. The fourth-order valence-corrected chi connectivity index (χ4v) is 4.99. The zero-order valence-corrected chi connectivity index (χ0v) is 18.0. The molecular formula is C21H25N7O2S. The van der Waals surface area contributed by atoms with Gasteiger partial charge in [0, 0.05) is 49.4 Å². The molecule has 0 atom stereocenters. The molecule has 4 heterocycles. The summed E-state index contributed by atoms with van der Waals surface area (Å²) in [5, 5.41) is 15.2. The molecule has 0 saturated carbocycles. The number of fused-ring (bicyclic) bond motifs is 1. The summed E-state index contributed by atoms with van der Waals surface area (Å²) in [5.74, 6) is 0.884. The van der Waals surface area contributed by atoms with Crippen LogP contribution < -0.4 is 26.4 Å². The van der Waals surface area contributed by atoms with E-state index in [1.807, 2.05) is 24.3 Å². The third kappa shape index (κ3) is 4.32. The van der Waals surface area contributed by atoms with Gasteiger partial charge in [-0.1, -0.05) is 23.5 Å². The third-order valence-corrected chi connectivity index (χ3v) is 6.72. The first kappa shape index (κ1) is 20.1. The van der Waals surface area contributed by atoms with Gasteiger partial charge in [0.25, 0.3) is 5.56 Å². The lowest BCUT2D eigenvalue weighted by molar-refractivity contribution is -0.120. The molecule has 2 aromatic heterocycles. The Morgan fingerprint density at radius 3 is 2.68 bits per heavy atom. The lowest BCUT2D eigenvalue weighted by atomic mass is 9.97. The molecule has 10 heteroatoms. The lowest BCUT2D eigenvalue weighted by Gasteiger charge is -2.28. The Balaban J connectivity index is 1.43. The van der Waals surface area contributed by atoms with Crippen molar-refractivity contribution in [3.63, 3.8) is 0 Å². The van der Waals surface area contributed by atoms with Crippen LogP contribution in [0.3, 0.4) is 0 Å². The maximum absolute atomic E-state index is 12.6. The Morgan fingerprint density at radius 1 is 1.10 bits per heavy atom. The minimum Gasteiger partial charge on any atom is -0.354 e. The van der Waals surface area contributed by atoms with Gasteiger partial charge >= 0.3 is 0 Å². The highest BCUT2D eigenvalue weighted by Gasteiger charge is 2.21. The number of aromatic nitrogens is 3. The SMILES string of the molecule is O=C(Nc1cccc(-c2nn3c(N4CCNCC4)cc(=O)nc3s2)c1)C1CCNCC1. The topological polar surface area (TPSA) is 104 Å². The van der Waals surface area contributed by atoms with E-state index >= 15 is 0 Å². The van der Waals surface area contributed by atoms with Crippen LogP contribution >= 0.6 is 11.3 Å². The van der Waals surface area contributed by atoms with Gasteiger partial charge in [0.05, 0.1) is 0 Å². The summed E-state index contributed by atoms with van der Waals surface area (Å²) in [4.78, 5) is 31.7. The molecule has 31 heavy (non-hydrogen) atoms. The average molecular weight is 440 g/mol.